The van der Waals surface area contributed by atoms with Crippen molar-refractivity contribution in [2.75, 3.05) is 13.7 Å². The first-order chi connectivity index (χ1) is 8.18. The van der Waals surface area contributed by atoms with E-state index in [4.69, 9.17) is 9.88 Å². The summed E-state index contributed by atoms with van der Waals surface area (Å²) < 4.78 is 29.5. The molecule has 104 valence electrons. The smallest absolute Gasteiger partial charge is 0.273 e. The van der Waals surface area contributed by atoms with Crippen LogP contribution < -0.4 is 5.14 Å². The van der Waals surface area contributed by atoms with Gasteiger partial charge in [0.25, 0.3) is 15.2 Å². The molecule has 0 atom stereocenters. The lowest BCUT2D eigenvalue weighted by atomic mass is 10.1. The van der Waals surface area contributed by atoms with Gasteiger partial charge in [-0.15, -0.1) is 10.2 Å². The van der Waals surface area contributed by atoms with E-state index in [-0.39, 0.29) is 5.16 Å². The SMILES string of the molecule is COCCCc1nnc(S(N)(=O)=O)n1C(C)(C)C. The number of sulfonamides is 1. The maximum Gasteiger partial charge on any atom is 0.273 e. The quantitative estimate of drug-likeness (QED) is 0.777. The van der Waals surface area contributed by atoms with E-state index in [1.54, 1.807) is 11.7 Å². The molecule has 0 spiro atoms. The number of ether oxygens (including phenoxy) is 1. The van der Waals surface area contributed by atoms with Crippen LogP contribution in [0.4, 0.5) is 0 Å². The molecule has 0 aliphatic rings. The first-order valence-electron chi connectivity index (χ1n) is 5.64. The molecule has 18 heavy (non-hydrogen) atoms. The molecule has 0 aliphatic carbocycles. The zero-order valence-corrected chi connectivity index (χ0v) is 12.0. The number of hydrogen-bond acceptors (Lipinski definition) is 5. The van der Waals surface area contributed by atoms with E-state index in [2.05, 4.69) is 10.2 Å². The van der Waals surface area contributed by atoms with Crippen molar-refractivity contribution in [1.29, 1.82) is 0 Å². The number of hydrogen-bond donors (Lipinski definition) is 1. The van der Waals surface area contributed by atoms with Crippen molar-refractivity contribution in [2.24, 2.45) is 5.14 Å². The van der Waals surface area contributed by atoms with Crippen LogP contribution in [0, 0.1) is 0 Å². The maximum atomic E-state index is 11.5. The van der Waals surface area contributed by atoms with Gasteiger partial charge in [-0.3, -0.25) is 4.57 Å². The summed E-state index contributed by atoms with van der Waals surface area (Å²) in [7, 11) is -2.25. The number of aromatic nitrogens is 3. The molecule has 0 saturated carbocycles. The van der Waals surface area contributed by atoms with Crippen LogP contribution in [-0.2, 0) is 26.7 Å². The number of nitrogens with zero attached hydrogens (tertiary/aromatic N) is 3. The molecule has 1 rings (SSSR count). The Labute approximate surface area is 107 Å². The minimum Gasteiger partial charge on any atom is -0.385 e. The van der Waals surface area contributed by atoms with Crippen molar-refractivity contribution in [2.45, 2.75) is 44.3 Å². The second-order valence-electron chi connectivity index (χ2n) is 5.05. The molecule has 0 amide bonds. The molecule has 0 aliphatic heterocycles. The Bertz CT molecular complexity index is 502. The van der Waals surface area contributed by atoms with Crippen LogP contribution in [-0.4, -0.2) is 36.9 Å². The largest absolute Gasteiger partial charge is 0.385 e. The van der Waals surface area contributed by atoms with Crippen molar-refractivity contribution in [3.63, 3.8) is 0 Å². The second kappa shape index (κ2) is 5.33. The number of primary sulfonamides is 1. The Kier molecular flexibility index (Phi) is 4.46. The molecule has 0 fully saturated rings. The lowest BCUT2D eigenvalue weighted by Gasteiger charge is -2.24. The average molecular weight is 276 g/mol. The van der Waals surface area contributed by atoms with E-state index >= 15 is 0 Å². The Balaban J connectivity index is 3.17. The molecule has 1 aromatic rings. The highest BCUT2D eigenvalue weighted by atomic mass is 32.2. The third kappa shape index (κ3) is 3.50. The van der Waals surface area contributed by atoms with Crippen LogP contribution in [0.25, 0.3) is 0 Å². The lowest BCUT2D eigenvalue weighted by molar-refractivity contribution is 0.193. The highest BCUT2D eigenvalue weighted by Gasteiger charge is 2.28. The molecule has 1 heterocycles. The van der Waals surface area contributed by atoms with Gasteiger partial charge in [0.2, 0.25) is 0 Å². The van der Waals surface area contributed by atoms with Crippen molar-refractivity contribution >= 4 is 10.0 Å². The van der Waals surface area contributed by atoms with Gasteiger partial charge in [-0.2, -0.15) is 0 Å². The van der Waals surface area contributed by atoms with Gasteiger partial charge in [0.1, 0.15) is 5.82 Å². The molecule has 0 radical (unpaired) electrons. The van der Waals surface area contributed by atoms with Crippen LogP contribution in [0.1, 0.15) is 33.0 Å². The van der Waals surface area contributed by atoms with E-state index in [9.17, 15) is 8.42 Å². The van der Waals surface area contributed by atoms with Crippen molar-refractivity contribution in [3.05, 3.63) is 5.82 Å². The highest BCUT2D eigenvalue weighted by Crippen LogP contribution is 2.21. The number of rotatable bonds is 5. The monoisotopic (exact) mass is 276 g/mol. The maximum absolute atomic E-state index is 11.5. The summed E-state index contributed by atoms with van der Waals surface area (Å²) in [6.07, 6.45) is 1.34. The fourth-order valence-electron chi connectivity index (χ4n) is 1.70. The molecule has 2 N–H and O–H groups in total. The third-order valence-electron chi connectivity index (χ3n) is 2.37. The van der Waals surface area contributed by atoms with Gasteiger partial charge in [0.15, 0.2) is 0 Å². The zero-order valence-electron chi connectivity index (χ0n) is 11.2. The topological polar surface area (TPSA) is 100 Å². The molecule has 0 aromatic carbocycles. The molecule has 0 saturated heterocycles. The predicted molar refractivity (Wildman–Crippen MR) is 66.6 cm³/mol. The Morgan fingerprint density at radius 2 is 1.94 bits per heavy atom. The summed E-state index contributed by atoms with van der Waals surface area (Å²) in [5.41, 5.74) is -0.451. The Morgan fingerprint density at radius 3 is 2.39 bits per heavy atom. The van der Waals surface area contributed by atoms with Crippen molar-refractivity contribution in [1.82, 2.24) is 14.8 Å². The minimum absolute atomic E-state index is 0.192. The first kappa shape index (κ1) is 15.1. The normalized spacial score (nSPS) is 12.9. The Hall–Kier alpha value is -0.990. The molecule has 7 nitrogen and oxygen atoms in total. The van der Waals surface area contributed by atoms with Gasteiger partial charge in [-0.05, 0) is 27.2 Å². The van der Waals surface area contributed by atoms with E-state index in [1.165, 1.54) is 0 Å². The van der Waals surface area contributed by atoms with Gasteiger partial charge in [0, 0.05) is 25.7 Å². The summed E-state index contributed by atoms with van der Waals surface area (Å²) in [5.74, 6) is 0.601. The minimum atomic E-state index is -3.87. The summed E-state index contributed by atoms with van der Waals surface area (Å²) in [6, 6.07) is 0. The summed E-state index contributed by atoms with van der Waals surface area (Å²) >= 11 is 0. The van der Waals surface area contributed by atoms with Gasteiger partial charge in [-0.25, -0.2) is 13.6 Å². The molecular formula is C10H20N4O3S. The summed E-state index contributed by atoms with van der Waals surface area (Å²) in [6.45, 7) is 6.22. The molecule has 8 heteroatoms. The standard InChI is InChI=1S/C10H20N4O3S/c1-10(2,3)14-8(6-5-7-17-4)12-13-9(14)18(11,15)16/h5-7H2,1-4H3,(H2,11,15,16). The lowest BCUT2D eigenvalue weighted by Crippen LogP contribution is -2.30. The Morgan fingerprint density at radius 1 is 1.33 bits per heavy atom. The van der Waals surface area contributed by atoms with E-state index < -0.39 is 15.6 Å². The predicted octanol–water partition coefficient (Wildman–Crippen LogP) is 0.260. The number of methoxy groups -OCH3 is 1. The summed E-state index contributed by atoms with van der Waals surface area (Å²) in [5, 5.41) is 12.6. The van der Waals surface area contributed by atoms with Crippen LogP contribution in [0.3, 0.4) is 0 Å². The van der Waals surface area contributed by atoms with Crippen molar-refractivity contribution < 1.29 is 13.2 Å². The molecule has 0 bridgehead atoms. The average Bonchev–Trinajstić information content (AvgIpc) is 2.60. The van der Waals surface area contributed by atoms with E-state index in [1.807, 2.05) is 20.8 Å². The number of aryl methyl sites for hydroxylation is 1. The van der Waals surface area contributed by atoms with E-state index in [0.29, 0.717) is 18.9 Å². The second-order valence-corrected chi connectivity index (χ2v) is 6.50. The van der Waals surface area contributed by atoms with E-state index in [0.717, 1.165) is 6.42 Å². The third-order valence-corrected chi connectivity index (χ3v) is 3.15. The summed E-state index contributed by atoms with van der Waals surface area (Å²) in [4.78, 5) is 0. The fourth-order valence-corrected chi connectivity index (χ4v) is 2.48. The number of nitrogens with two attached hydrogens (primary N) is 1. The van der Waals surface area contributed by atoms with Gasteiger partial charge >= 0.3 is 0 Å². The van der Waals surface area contributed by atoms with Crippen LogP contribution in [0.15, 0.2) is 5.16 Å². The molecule has 0 unspecified atom stereocenters. The van der Waals surface area contributed by atoms with Crippen LogP contribution in [0.5, 0.6) is 0 Å². The first-order valence-corrected chi connectivity index (χ1v) is 7.19. The highest BCUT2D eigenvalue weighted by molar-refractivity contribution is 7.89. The zero-order chi connectivity index (χ0) is 14.0. The fraction of sp³-hybridized carbons (Fsp3) is 0.800. The van der Waals surface area contributed by atoms with Crippen molar-refractivity contribution in [3.8, 4) is 0 Å². The van der Waals surface area contributed by atoms with Gasteiger partial charge in [-0.1, -0.05) is 0 Å². The molecular weight excluding hydrogens is 256 g/mol. The van der Waals surface area contributed by atoms with Gasteiger partial charge < -0.3 is 4.74 Å². The van der Waals surface area contributed by atoms with Crippen LogP contribution >= 0.6 is 0 Å². The molecule has 1 aromatic heterocycles. The van der Waals surface area contributed by atoms with Gasteiger partial charge in [0.05, 0.1) is 0 Å². The van der Waals surface area contributed by atoms with Crippen LogP contribution in [0.2, 0.25) is 0 Å².